The number of hydrogen-bond donors (Lipinski definition) is 2. The van der Waals surface area contributed by atoms with Crippen molar-refractivity contribution in [2.45, 2.75) is 19.8 Å². The first-order valence-corrected chi connectivity index (χ1v) is 3.15. The molecule has 0 unspecified atom stereocenters. The summed E-state index contributed by atoms with van der Waals surface area (Å²) in [5, 5.41) is 0. The van der Waals surface area contributed by atoms with Gasteiger partial charge in [-0.2, -0.15) is 0 Å². The van der Waals surface area contributed by atoms with Crippen LogP contribution in [0.15, 0.2) is 0 Å². The maximum atomic E-state index is 10.7. The molecule has 2 N–H and O–H groups in total. The summed E-state index contributed by atoms with van der Waals surface area (Å²) in [6.45, 7) is 1.31. The summed E-state index contributed by atoms with van der Waals surface area (Å²) in [6, 6.07) is 0. The van der Waals surface area contributed by atoms with Crippen molar-refractivity contribution < 1.29 is 9.59 Å². The Morgan fingerprint density at radius 1 is 1.45 bits per heavy atom. The molecule has 0 aromatic heterocycles. The molecule has 0 aliphatic carbocycles. The Balaban J connectivity index is 3.39. The van der Waals surface area contributed by atoms with Crippen LogP contribution in [0.25, 0.3) is 0 Å². The van der Waals surface area contributed by atoms with Crippen molar-refractivity contribution in [2.75, 3.05) is 0 Å². The number of hydrazine groups is 1. The molecule has 0 aromatic rings. The lowest BCUT2D eigenvalue weighted by Gasteiger charge is -2.01. The number of terminal acetylenes is 1. The maximum Gasteiger partial charge on any atom is 0.239 e. The van der Waals surface area contributed by atoms with Gasteiger partial charge in [0.1, 0.15) is 0 Å². The monoisotopic (exact) mass is 154 g/mol. The Kier molecular flexibility index (Phi) is 4.58. The summed E-state index contributed by atoms with van der Waals surface area (Å²) in [7, 11) is 0. The van der Waals surface area contributed by atoms with E-state index in [1.165, 1.54) is 6.92 Å². The van der Waals surface area contributed by atoms with E-state index in [0.29, 0.717) is 6.42 Å². The van der Waals surface area contributed by atoms with Crippen molar-refractivity contribution in [3.05, 3.63) is 0 Å². The number of hydrogen-bond acceptors (Lipinski definition) is 2. The zero-order valence-electron chi connectivity index (χ0n) is 6.31. The molecule has 0 atom stereocenters. The molecule has 0 aromatic carbocycles. The standard InChI is InChI=1S/C7H10N2O2/c1-3-4-5-7(11)9-8-6(2)10/h1H,4-5H2,2H3,(H,8,10)(H,9,11). The van der Waals surface area contributed by atoms with E-state index in [-0.39, 0.29) is 18.2 Å². The summed E-state index contributed by atoms with van der Waals surface area (Å²) in [5.74, 6) is 1.73. The van der Waals surface area contributed by atoms with Crippen molar-refractivity contribution in [1.82, 2.24) is 10.9 Å². The fraction of sp³-hybridized carbons (Fsp3) is 0.429. The van der Waals surface area contributed by atoms with Crippen LogP contribution in [0.2, 0.25) is 0 Å². The average Bonchev–Trinajstić information content (AvgIpc) is 1.97. The Morgan fingerprint density at radius 2 is 2.09 bits per heavy atom. The van der Waals surface area contributed by atoms with Crippen LogP contribution in [0, 0.1) is 12.3 Å². The van der Waals surface area contributed by atoms with Crippen LogP contribution in [-0.2, 0) is 9.59 Å². The number of nitrogens with one attached hydrogen (secondary N) is 2. The van der Waals surface area contributed by atoms with E-state index in [1.54, 1.807) is 0 Å². The van der Waals surface area contributed by atoms with Gasteiger partial charge in [0.15, 0.2) is 0 Å². The minimum absolute atomic E-state index is 0.233. The number of rotatable bonds is 2. The highest BCUT2D eigenvalue weighted by Crippen LogP contribution is 1.83. The highest BCUT2D eigenvalue weighted by Gasteiger charge is 1.98. The lowest BCUT2D eigenvalue weighted by molar-refractivity contribution is -0.127. The molecule has 0 bridgehead atoms. The molecule has 0 rings (SSSR count). The van der Waals surface area contributed by atoms with E-state index in [9.17, 15) is 9.59 Å². The van der Waals surface area contributed by atoms with Gasteiger partial charge in [0.2, 0.25) is 11.8 Å². The first-order chi connectivity index (χ1) is 5.16. The second-order valence-electron chi connectivity index (χ2n) is 1.93. The first kappa shape index (κ1) is 9.50. The average molecular weight is 154 g/mol. The summed E-state index contributed by atoms with van der Waals surface area (Å²) in [5.41, 5.74) is 4.33. The summed E-state index contributed by atoms with van der Waals surface area (Å²) in [4.78, 5) is 20.9. The van der Waals surface area contributed by atoms with Crippen molar-refractivity contribution in [3.8, 4) is 12.3 Å². The first-order valence-electron chi connectivity index (χ1n) is 3.15. The topological polar surface area (TPSA) is 58.2 Å². The van der Waals surface area contributed by atoms with Gasteiger partial charge in [-0.25, -0.2) is 0 Å². The molecule has 11 heavy (non-hydrogen) atoms. The lowest BCUT2D eigenvalue weighted by atomic mass is 10.3. The molecule has 0 aliphatic rings. The number of carbonyl (C=O) groups excluding carboxylic acids is 2. The SMILES string of the molecule is C#CCCC(=O)NNC(C)=O. The van der Waals surface area contributed by atoms with Gasteiger partial charge in [-0.1, -0.05) is 0 Å². The van der Waals surface area contributed by atoms with Crippen LogP contribution in [0.3, 0.4) is 0 Å². The fourth-order valence-electron chi connectivity index (χ4n) is 0.406. The number of carbonyl (C=O) groups is 2. The largest absolute Gasteiger partial charge is 0.274 e. The quantitative estimate of drug-likeness (QED) is 0.418. The van der Waals surface area contributed by atoms with Crippen LogP contribution in [-0.4, -0.2) is 11.8 Å². The van der Waals surface area contributed by atoms with Crippen LogP contribution >= 0.6 is 0 Å². The molecule has 0 fully saturated rings. The predicted molar refractivity (Wildman–Crippen MR) is 40.0 cm³/mol. The molecule has 0 saturated heterocycles. The van der Waals surface area contributed by atoms with Gasteiger partial charge < -0.3 is 0 Å². The highest BCUT2D eigenvalue weighted by atomic mass is 16.2. The third-order valence-electron chi connectivity index (χ3n) is 0.874. The van der Waals surface area contributed by atoms with Gasteiger partial charge >= 0.3 is 0 Å². The van der Waals surface area contributed by atoms with E-state index >= 15 is 0 Å². The van der Waals surface area contributed by atoms with E-state index < -0.39 is 0 Å². The van der Waals surface area contributed by atoms with Gasteiger partial charge in [-0.3, -0.25) is 20.4 Å². The normalized spacial score (nSPS) is 8.00. The Hall–Kier alpha value is -1.50. The van der Waals surface area contributed by atoms with Gasteiger partial charge in [-0.15, -0.1) is 12.3 Å². The Labute approximate surface area is 65.3 Å². The van der Waals surface area contributed by atoms with Crippen LogP contribution in [0.4, 0.5) is 0 Å². The van der Waals surface area contributed by atoms with Crippen molar-refractivity contribution in [2.24, 2.45) is 0 Å². The van der Waals surface area contributed by atoms with Crippen molar-refractivity contribution >= 4 is 11.8 Å². The second kappa shape index (κ2) is 5.30. The summed E-state index contributed by atoms with van der Waals surface area (Å²) in [6.07, 6.45) is 5.53. The molecule has 4 nitrogen and oxygen atoms in total. The lowest BCUT2D eigenvalue weighted by Crippen LogP contribution is -2.40. The molecule has 2 amide bonds. The highest BCUT2D eigenvalue weighted by molar-refractivity contribution is 5.80. The molecule has 0 saturated carbocycles. The van der Waals surface area contributed by atoms with Gasteiger partial charge in [-0.05, 0) is 0 Å². The van der Waals surface area contributed by atoms with Crippen LogP contribution < -0.4 is 10.9 Å². The van der Waals surface area contributed by atoms with Gasteiger partial charge in [0.05, 0.1) is 0 Å². The molecule has 0 spiro atoms. The van der Waals surface area contributed by atoms with Gasteiger partial charge in [0, 0.05) is 19.8 Å². The molecule has 0 heterocycles. The Morgan fingerprint density at radius 3 is 2.55 bits per heavy atom. The third kappa shape index (κ3) is 6.38. The minimum Gasteiger partial charge on any atom is -0.274 e. The molecular formula is C7H10N2O2. The van der Waals surface area contributed by atoms with E-state index in [2.05, 4.69) is 16.8 Å². The molecular weight excluding hydrogens is 144 g/mol. The molecule has 4 heteroatoms. The second-order valence-corrected chi connectivity index (χ2v) is 1.93. The summed E-state index contributed by atoms with van der Waals surface area (Å²) >= 11 is 0. The zero-order chi connectivity index (χ0) is 8.69. The van der Waals surface area contributed by atoms with E-state index in [4.69, 9.17) is 6.42 Å². The van der Waals surface area contributed by atoms with Gasteiger partial charge in [0.25, 0.3) is 0 Å². The summed E-state index contributed by atoms with van der Waals surface area (Å²) < 4.78 is 0. The van der Waals surface area contributed by atoms with E-state index in [1.807, 2.05) is 0 Å². The fourth-order valence-corrected chi connectivity index (χ4v) is 0.406. The molecule has 0 aliphatic heterocycles. The van der Waals surface area contributed by atoms with E-state index in [0.717, 1.165) is 0 Å². The van der Waals surface area contributed by atoms with Crippen LogP contribution in [0.1, 0.15) is 19.8 Å². The zero-order valence-corrected chi connectivity index (χ0v) is 6.31. The minimum atomic E-state index is -0.306. The smallest absolute Gasteiger partial charge is 0.239 e. The number of amides is 2. The molecule has 0 radical (unpaired) electrons. The maximum absolute atomic E-state index is 10.7. The third-order valence-corrected chi connectivity index (χ3v) is 0.874. The predicted octanol–water partition coefficient (Wildman–Crippen LogP) is -0.433. The molecule has 60 valence electrons. The Bertz CT molecular complexity index is 193. The van der Waals surface area contributed by atoms with Crippen LogP contribution in [0.5, 0.6) is 0 Å². The van der Waals surface area contributed by atoms with Crippen molar-refractivity contribution in [1.29, 1.82) is 0 Å². The van der Waals surface area contributed by atoms with Crippen molar-refractivity contribution in [3.63, 3.8) is 0 Å².